The molecule has 0 radical (unpaired) electrons. The lowest BCUT2D eigenvalue weighted by molar-refractivity contribution is -0.121. The zero-order chi connectivity index (χ0) is 17.0. The molecular weight excluding hydrogens is 294 g/mol. The van der Waals surface area contributed by atoms with E-state index in [0.717, 1.165) is 0 Å². The van der Waals surface area contributed by atoms with Gasteiger partial charge in [-0.15, -0.1) is 0 Å². The molecular formula is C17H23N3O3. The summed E-state index contributed by atoms with van der Waals surface area (Å²) in [6.45, 7) is 2.63. The van der Waals surface area contributed by atoms with Crippen molar-refractivity contribution in [2.24, 2.45) is 5.92 Å². The minimum Gasteiger partial charge on any atom is -0.331 e. The largest absolute Gasteiger partial charge is 0.331 e. The number of urea groups is 1. The van der Waals surface area contributed by atoms with Gasteiger partial charge in [-0.1, -0.05) is 12.1 Å². The Morgan fingerprint density at radius 2 is 1.74 bits per heavy atom. The number of anilines is 1. The van der Waals surface area contributed by atoms with Crippen molar-refractivity contribution in [2.75, 3.05) is 32.5 Å². The van der Waals surface area contributed by atoms with Gasteiger partial charge in [0.25, 0.3) is 0 Å². The third-order valence-electron chi connectivity index (χ3n) is 4.08. The van der Waals surface area contributed by atoms with Crippen LogP contribution < -0.4 is 5.32 Å². The number of Topliss-reactive ketones (excluding diaryl/α,β-unsaturated/α-hetero) is 1. The summed E-state index contributed by atoms with van der Waals surface area (Å²) in [5.41, 5.74) is 1.07. The molecule has 6 heteroatoms. The Labute approximate surface area is 136 Å². The molecule has 1 heterocycles. The first-order valence-corrected chi connectivity index (χ1v) is 7.77. The van der Waals surface area contributed by atoms with Crippen LogP contribution in [0.15, 0.2) is 24.3 Å². The maximum atomic E-state index is 12.4. The molecule has 1 saturated heterocycles. The van der Waals surface area contributed by atoms with Gasteiger partial charge in [-0.25, -0.2) is 4.79 Å². The summed E-state index contributed by atoms with van der Waals surface area (Å²) < 4.78 is 0. The number of piperidine rings is 1. The van der Waals surface area contributed by atoms with Gasteiger partial charge in [0.05, 0.1) is 5.69 Å². The van der Waals surface area contributed by atoms with E-state index in [4.69, 9.17) is 0 Å². The fourth-order valence-corrected chi connectivity index (χ4v) is 2.75. The van der Waals surface area contributed by atoms with E-state index in [2.05, 4.69) is 5.32 Å². The number of benzene rings is 1. The van der Waals surface area contributed by atoms with Gasteiger partial charge in [0, 0.05) is 38.7 Å². The Kier molecular flexibility index (Phi) is 5.36. The average Bonchev–Trinajstić information content (AvgIpc) is 2.54. The van der Waals surface area contributed by atoms with Crippen LogP contribution in [0.1, 0.15) is 30.1 Å². The molecule has 0 spiro atoms. The molecule has 1 aromatic rings. The predicted octanol–water partition coefficient (Wildman–Crippen LogP) is 2.22. The molecule has 0 unspecified atom stereocenters. The summed E-state index contributed by atoms with van der Waals surface area (Å²) in [4.78, 5) is 39.2. The second-order valence-electron chi connectivity index (χ2n) is 6.03. The van der Waals surface area contributed by atoms with Gasteiger partial charge in [0.1, 0.15) is 0 Å². The molecule has 3 amide bonds. The third kappa shape index (κ3) is 4.09. The number of nitrogens with one attached hydrogen (secondary N) is 1. The zero-order valence-electron chi connectivity index (χ0n) is 13.8. The van der Waals surface area contributed by atoms with E-state index in [-0.39, 0.29) is 23.6 Å². The van der Waals surface area contributed by atoms with Crippen molar-refractivity contribution in [1.29, 1.82) is 0 Å². The normalized spacial score (nSPS) is 15.2. The molecule has 1 aromatic carbocycles. The van der Waals surface area contributed by atoms with Crippen LogP contribution in [-0.2, 0) is 4.79 Å². The third-order valence-corrected chi connectivity index (χ3v) is 4.08. The van der Waals surface area contributed by atoms with Crippen molar-refractivity contribution in [3.8, 4) is 0 Å². The van der Waals surface area contributed by atoms with E-state index < -0.39 is 0 Å². The quantitative estimate of drug-likeness (QED) is 0.869. The van der Waals surface area contributed by atoms with Gasteiger partial charge < -0.3 is 15.1 Å². The van der Waals surface area contributed by atoms with Crippen molar-refractivity contribution in [2.45, 2.75) is 19.8 Å². The lowest BCUT2D eigenvalue weighted by Crippen LogP contribution is -2.45. The van der Waals surface area contributed by atoms with Gasteiger partial charge in [0.2, 0.25) is 5.91 Å². The molecule has 0 bridgehead atoms. The minimum absolute atomic E-state index is 0.0224. The molecule has 1 aliphatic heterocycles. The first-order valence-electron chi connectivity index (χ1n) is 7.77. The molecule has 2 rings (SSSR count). The van der Waals surface area contributed by atoms with Crippen molar-refractivity contribution in [3.63, 3.8) is 0 Å². The summed E-state index contributed by atoms with van der Waals surface area (Å²) in [6.07, 6.45) is 1.27. The number of rotatable bonds is 3. The minimum atomic E-state index is -0.138. The van der Waals surface area contributed by atoms with Crippen LogP contribution in [0.4, 0.5) is 10.5 Å². The van der Waals surface area contributed by atoms with Crippen molar-refractivity contribution >= 4 is 23.4 Å². The van der Waals surface area contributed by atoms with Gasteiger partial charge in [-0.2, -0.15) is 0 Å². The van der Waals surface area contributed by atoms with Gasteiger partial charge >= 0.3 is 6.03 Å². The first kappa shape index (κ1) is 17.0. The molecule has 1 N–H and O–H groups in total. The standard InChI is InChI=1S/C17H23N3O3/c1-12(21)14-6-4-5-7-15(14)18-16(22)13-8-10-20(11-9-13)17(23)19(2)3/h4-7,13H,8-11H2,1-3H3,(H,18,22). The fraction of sp³-hybridized carbons (Fsp3) is 0.471. The van der Waals surface area contributed by atoms with Crippen LogP contribution in [0, 0.1) is 5.92 Å². The van der Waals surface area contributed by atoms with E-state index in [0.29, 0.717) is 37.2 Å². The Morgan fingerprint density at radius 1 is 1.13 bits per heavy atom. The molecule has 23 heavy (non-hydrogen) atoms. The number of hydrogen-bond donors (Lipinski definition) is 1. The molecule has 124 valence electrons. The molecule has 0 aromatic heterocycles. The molecule has 1 fully saturated rings. The maximum Gasteiger partial charge on any atom is 0.319 e. The summed E-state index contributed by atoms with van der Waals surface area (Å²) >= 11 is 0. The highest BCUT2D eigenvalue weighted by Gasteiger charge is 2.28. The number of nitrogens with zero attached hydrogens (tertiary/aromatic N) is 2. The number of para-hydroxylation sites is 1. The van der Waals surface area contributed by atoms with Crippen molar-refractivity contribution < 1.29 is 14.4 Å². The molecule has 0 saturated carbocycles. The van der Waals surface area contributed by atoms with E-state index in [9.17, 15) is 14.4 Å². The second-order valence-corrected chi connectivity index (χ2v) is 6.03. The summed E-state index contributed by atoms with van der Waals surface area (Å²) in [5, 5.41) is 2.85. The lowest BCUT2D eigenvalue weighted by Gasteiger charge is -2.33. The van der Waals surface area contributed by atoms with E-state index in [1.165, 1.54) is 6.92 Å². The topological polar surface area (TPSA) is 69.7 Å². The average molecular weight is 317 g/mol. The summed E-state index contributed by atoms with van der Waals surface area (Å²) in [6, 6.07) is 6.99. The van der Waals surface area contributed by atoms with Crippen LogP contribution in [0.5, 0.6) is 0 Å². The Hall–Kier alpha value is -2.37. The van der Waals surface area contributed by atoms with E-state index in [1.807, 2.05) is 0 Å². The SMILES string of the molecule is CC(=O)c1ccccc1NC(=O)C1CCN(C(=O)N(C)C)CC1. The van der Waals surface area contributed by atoms with Crippen LogP contribution in [-0.4, -0.2) is 54.7 Å². The fourth-order valence-electron chi connectivity index (χ4n) is 2.75. The van der Waals surface area contributed by atoms with Gasteiger partial charge in [-0.3, -0.25) is 9.59 Å². The van der Waals surface area contributed by atoms with Crippen molar-refractivity contribution in [1.82, 2.24) is 9.80 Å². The molecule has 0 atom stereocenters. The van der Waals surface area contributed by atoms with Crippen LogP contribution >= 0.6 is 0 Å². The van der Waals surface area contributed by atoms with Crippen LogP contribution in [0.2, 0.25) is 0 Å². The van der Waals surface area contributed by atoms with E-state index >= 15 is 0 Å². The molecule has 6 nitrogen and oxygen atoms in total. The second kappa shape index (κ2) is 7.26. The van der Waals surface area contributed by atoms with Crippen LogP contribution in [0.3, 0.4) is 0 Å². The zero-order valence-corrected chi connectivity index (χ0v) is 13.8. The number of carbonyl (C=O) groups excluding carboxylic acids is 3. The van der Waals surface area contributed by atoms with E-state index in [1.54, 1.807) is 48.2 Å². The molecule has 1 aliphatic rings. The summed E-state index contributed by atoms with van der Waals surface area (Å²) in [5.74, 6) is -0.302. The van der Waals surface area contributed by atoms with Crippen molar-refractivity contribution in [3.05, 3.63) is 29.8 Å². The Morgan fingerprint density at radius 3 is 2.30 bits per heavy atom. The predicted molar refractivity (Wildman–Crippen MR) is 88.5 cm³/mol. The highest BCUT2D eigenvalue weighted by atomic mass is 16.2. The highest BCUT2D eigenvalue weighted by Crippen LogP contribution is 2.22. The number of ketones is 1. The first-order chi connectivity index (χ1) is 10.9. The lowest BCUT2D eigenvalue weighted by atomic mass is 9.95. The monoisotopic (exact) mass is 317 g/mol. The number of carbonyl (C=O) groups is 3. The smallest absolute Gasteiger partial charge is 0.319 e. The number of amides is 3. The van der Waals surface area contributed by atoms with Gasteiger partial charge in [-0.05, 0) is 31.9 Å². The maximum absolute atomic E-state index is 12.4. The van der Waals surface area contributed by atoms with Gasteiger partial charge in [0.15, 0.2) is 5.78 Å². The number of hydrogen-bond acceptors (Lipinski definition) is 3. The number of likely N-dealkylation sites (tertiary alicyclic amines) is 1. The molecule has 0 aliphatic carbocycles. The summed E-state index contributed by atoms with van der Waals surface area (Å²) in [7, 11) is 3.44. The van der Waals surface area contributed by atoms with Crippen LogP contribution in [0.25, 0.3) is 0 Å². The highest BCUT2D eigenvalue weighted by molar-refractivity contribution is 6.04. The Bertz CT molecular complexity index is 605. The Balaban J connectivity index is 1.96.